The Bertz CT molecular complexity index is 1160. The summed E-state index contributed by atoms with van der Waals surface area (Å²) < 4.78 is 44.9. The summed E-state index contributed by atoms with van der Waals surface area (Å²) >= 11 is 0. The second-order valence-corrected chi connectivity index (χ2v) is 12.2. The number of carbonyl (C=O) groups is 1. The summed E-state index contributed by atoms with van der Waals surface area (Å²) in [5, 5.41) is 14.1. The van der Waals surface area contributed by atoms with Crippen molar-refractivity contribution >= 4 is 21.8 Å². The van der Waals surface area contributed by atoms with Crippen molar-refractivity contribution in [3.63, 3.8) is 0 Å². The van der Waals surface area contributed by atoms with Gasteiger partial charge in [-0.15, -0.1) is 0 Å². The summed E-state index contributed by atoms with van der Waals surface area (Å²) in [6.07, 6.45) is -1.69. The van der Waals surface area contributed by atoms with E-state index >= 15 is 0 Å². The number of nitrogens with one attached hydrogen (secondary N) is 1. The lowest BCUT2D eigenvalue weighted by molar-refractivity contribution is -0.0907. The van der Waals surface area contributed by atoms with Crippen molar-refractivity contribution in [1.29, 1.82) is 0 Å². The van der Waals surface area contributed by atoms with Crippen LogP contribution in [-0.2, 0) is 30.7 Å². The van der Waals surface area contributed by atoms with E-state index in [0.29, 0.717) is 12.3 Å². The minimum atomic E-state index is -3.93. The second kappa shape index (κ2) is 13.6. The van der Waals surface area contributed by atoms with Crippen LogP contribution in [0.5, 0.6) is 0 Å². The highest BCUT2D eigenvalue weighted by Gasteiger charge is 2.44. The molecule has 0 aromatic heterocycles. The van der Waals surface area contributed by atoms with Crippen LogP contribution >= 0.6 is 0 Å². The average molecular weight is 566 g/mol. The van der Waals surface area contributed by atoms with E-state index in [9.17, 15) is 18.3 Å². The fourth-order valence-electron chi connectivity index (χ4n) is 4.82. The van der Waals surface area contributed by atoms with Crippen LogP contribution < -0.4 is 11.1 Å². The number of fused-ring (bicyclic) bond motifs is 1. The average Bonchev–Trinajstić information content (AvgIpc) is 3.49. The molecular weight excluding hydrogens is 526 g/mol. The predicted octanol–water partition coefficient (Wildman–Crippen LogP) is 1.55. The Morgan fingerprint density at radius 2 is 1.82 bits per heavy atom. The van der Waals surface area contributed by atoms with Gasteiger partial charge in [-0.1, -0.05) is 44.2 Å². The summed E-state index contributed by atoms with van der Waals surface area (Å²) in [5.74, 6) is -0.0231. The molecule has 2 unspecified atom stereocenters. The minimum absolute atomic E-state index is 0. The first-order chi connectivity index (χ1) is 18.1. The Balaban J connectivity index is 0.00000420. The van der Waals surface area contributed by atoms with Crippen LogP contribution in [0, 0.1) is 11.8 Å². The van der Waals surface area contributed by atoms with Crippen LogP contribution in [0.2, 0.25) is 0 Å². The number of hydrogen-bond donors (Lipinski definition) is 3. The van der Waals surface area contributed by atoms with Gasteiger partial charge in [-0.25, -0.2) is 13.2 Å². The summed E-state index contributed by atoms with van der Waals surface area (Å²) in [4.78, 5) is 13.0. The molecule has 4 rings (SSSR count). The molecule has 2 heterocycles. The summed E-state index contributed by atoms with van der Waals surface area (Å²) in [7, 11) is -3.93. The number of nitrogen functional groups attached to an aromatic ring is 1. The molecule has 2 fully saturated rings. The van der Waals surface area contributed by atoms with Gasteiger partial charge in [0.15, 0.2) is 6.29 Å². The SMILES string of the molecule is CC(C)CN(CC(O)C(Cc1ccccc1)NC(=O)O[C@H]1CO[C@H]2OCC[C@H]21)S(=O)(=O)c1ccc(N)cc1.O. The molecule has 5 atom stereocenters. The Morgan fingerprint density at radius 1 is 1.13 bits per heavy atom. The topological polar surface area (TPSA) is 172 Å². The number of nitrogens with two attached hydrogens (primary N) is 1. The van der Waals surface area contributed by atoms with Gasteiger partial charge in [0.25, 0.3) is 0 Å². The van der Waals surface area contributed by atoms with E-state index in [1.54, 1.807) is 0 Å². The highest BCUT2D eigenvalue weighted by Crippen LogP contribution is 2.33. The first-order valence-electron chi connectivity index (χ1n) is 12.9. The van der Waals surface area contributed by atoms with E-state index in [2.05, 4.69) is 5.32 Å². The number of aliphatic hydroxyl groups excluding tert-OH is 1. The lowest BCUT2D eigenvalue weighted by Gasteiger charge is -2.31. The molecule has 2 aliphatic rings. The lowest BCUT2D eigenvalue weighted by Crippen LogP contribution is -2.51. The van der Waals surface area contributed by atoms with Gasteiger partial charge in [-0.05, 0) is 48.6 Å². The molecule has 12 heteroatoms. The molecule has 11 nitrogen and oxygen atoms in total. The molecule has 2 aromatic rings. The third-order valence-corrected chi connectivity index (χ3v) is 8.63. The van der Waals surface area contributed by atoms with Crippen LogP contribution in [-0.4, -0.2) is 80.2 Å². The van der Waals surface area contributed by atoms with E-state index in [4.69, 9.17) is 19.9 Å². The zero-order valence-corrected chi connectivity index (χ0v) is 23.0. The monoisotopic (exact) mass is 565 g/mol. The Hall–Kier alpha value is -2.74. The molecule has 2 saturated heterocycles. The fraction of sp³-hybridized carbons (Fsp3) is 0.519. The van der Waals surface area contributed by atoms with Crippen LogP contribution in [0.15, 0.2) is 59.5 Å². The highest BCUT2D eigenvalue weighted by atomic mass is 32.2. The van der Waals surface area contributed by atoms with Crippen molar-refractivity contribution in [2.75, 3.05) is 32.0 Å². The van der Waals surface area contributed by atoms with Gasteiger partial charge in [-0.2, -0.15) is 4.31 Å². The van der Waals surface area contributed by atoms with Crippen molar-refractivity contribution in [2.45, 2.75) is 56.1 Å². The number of aliphatic hydroxyl groups is 1. The fourth-order valence-corrected chi connectivity index (χ4v) is 6.45. The van der Waals surface area contributed by atoms with Crippen molar-refractivity contribution < 1.29 is 38.0 Å². The summed E-state index contributed by atoms with van der Waals surface area (Å²) in [6, 6.07) is 14.5. The van der Waals surface area contributed by atoms with Crippen molar-refractivity contribution in [3.8, 4) is 0 Å². The number of amides is 1. The number of benzene rings is 2. The van der Waals surface area contributed by atoms with Crippen molar-refractivity contribution in [1.82, 2.24) is 9.62 Å². The van der Waals surface area contributed by atoms with E-state index < -0.39 is 34.4 Å². The molecule has 216 valence electrons. The molecule has 0 spiro atoms. The molecule has 0 aliphatic carbocycles. The van der Waals surface area contributed by atoms with Crippen LogP contribution in [0.25, 0.3) is 0 Å². The van der Waals surface area contributed by atoms with E-state index in [0.717, 1.165) is 12.0 Å². The molecular formula is C27H39N3O8S. The summed E-state index contributed by atoms with van der Waals surface area (Å²) in [6.45, 7) is 4.58. The number of sulfonamides is 1. The van der Waals surface area contributed by atoms with Gasteiger partial charge < -0.3 is 35.8 Å². The maximum atomic E-state index is 13.5. The number of alkyl carbamates (subject to hydrolysis) is 1. The van der Waals surface area contributed by atoms with Crippen molar-refractivity contribution in [3.05, 3.63) is 60.2 Å². The number of hydrogen-bond acceptors (Lipinski definition) is 8. The molecule has 2 aliphatic heterocycles. The molecule has 39 heavy (non-hydrogen) atoms. The standard InChI is InChI=1S/C27H37N3O7S.H2O/c1-18(2)15-30(38(33,34)21-10-8-20(28)9-11-21)16-24(31)23(14-19-6-4-3-5-7-19)29-27(32)37-25-17-36-26-22(25)12-13-35-26;/h3-11,18,22-26,31H,12-17,28H2,1-2H3,(H,29,32);1H2/t22-,23?,24?,25-,26+;/m0./s1. The maximum Gasteiger partial charge on any atom is 0.407 e. The Labute approximate surface area is 229 Å². The second-order valence-electron chi connectivity index (χ2n) is 10.3. The van der Waals surface area contributed by atoms with Gasteiger partial charge in [-0.3, -0.25) is 0 Å². The number of nitrogens with zero attached hydrogens (tertiary/aromatic N) is 1. The lowest BCUT2D eigenvalue weighted by atomic mass is 10.0. The zero-order chi connectivity index (χ0) is 27.3. The van der Waals surface area contributed by atoms with E-state index in [-0.39, 0.29) is 54.6 Å². The Morgan fingerprint density at radius 3 is 2.49 bits per heavy atom. The zero-order valence-electron chi connectivity index (χ0n) is 22.2. The van der Waals surface area contributed by atoms with Crippen LogP contribution in [0.1, 0.15) is 25.8 Å². The first-order valence-corrected chi connectivity index (χ1v) is 14.4. The van der Waals surface area contributed by atoms with Gasteiger partial charge in [0.2, 0.25) is 10.0 Å². The number of ether oxygens (including phenoxy) is 3. The van der Waals surface area contributed by atoms with Crippen LogP contribution in [0.3, 0.4) is 0 Å². The smallest absolute Gasteiger partial charge is 0.407 e. The van der Waals surface area contributed by atoms with Crippen LogP contribution in [0.4, 0.5) is 10.5 Å². The largest absolute Gasteiger partial charge is 0.443 e. The van der Waals surface area contributed by atoms with Crippen molar-refractivity contribution in [2.24, 2.45) is 11.8 Å². The molecule has 0 radical (unpaired) electrons. The van der Waals surface area contributed by atoms with Gasteiger partial charge in [0.05, 0.1) is 36.2 Å². The van der Waals surface area contributed by atoms with E-state index in [1.807, 2.05) is 44.2 Å². The van der Waals surface area contributed by atoms with E-state index in [1.165, 1.54) is 28.6 Å². The molecule has 1 amide bonds. The third kappa shape index (κ3) is 7.90. The quantitative estimate of drug-likeness (QED) is 0.344. The summed E-state index contributed by atoms with van der Waals surface area (Å²) in [5.41, 5.74) is 7.07. The van der Waals surface area contributed by atoms with Gasteiger partial charge in [0.1, 0.15) is 6.10 Å². The maximum absolute atomic E-state index is 13.5. The number of rotatable bonds is 11. The Kier molecular flexibility index (Phi) is 10.7. The van der Waals surface area contributed by atoms with Gasteiger partial charge in [0, 0.05) is 18.8 Å². The molecule has 6 N–H and O–H groups in total. The van der Waals surface area contributed by atoms with Gasteiger partial charge >= 0.3 is 6.09 Å². The molecule has 2 aromatic carbocycles. The number of anilines is 1. The predicted molar refractivity (Wildman–Crippen MR) is 145 cm³/mol. The molecule has 0 saturated carbocycles. The highest BCUT2D eigenvalue weighted by molar-refractivity contribution is 7.89. The normalized spacial score (nSPS) is 22.2. The third-order valence-electron chi connectivity index (χ3n) is 6.79. The number of carbonyl (C=O) groups excluding carboxylic acids is 1. The minimum Gasteiger partial charge on any atom is -0.443 e. The molecule has 0 bridgehead atoms. The first kappa shape index (κ1) is 30.8.